The van der Waals surface area contributed by atoms with Gasteiger partial charge in [0.15, 0.2) is 0 Å². The lowest BCUT2D eigenvalue weighted by Crippen LogP contribution is -2.45. The smallest absolute Gasteiger partial charge is 0.242 e. The Morgan fingerprint density at radius 2 is 1.36 bits per heavy atom. The van der Waals surface area contributed by atoms with Crippen LogP contribution < -0.4 is 14.8 Å². The highest BCUT2D eigenvalue weighted by molar-refractivity contribution is 7.89. The molecule has 0 saturated carbocycles. The van der Waals surface area contributed by atoms with Crippen molar-refractivity contribution in [2.75, 3.05) is 5.32 Å². The lowest BCUT2D eigenvalue weighted by molar-refractivity contribution is -0.117. The average Bonchev–Trinajstić information content (AvgIpc) is 2.89. The summed E-state index contributed by atoms with van der Waals surface area (Å²) in [4.78, 5) is 13.2. The second-order valence-electron chi connectivity index (χ2n) is 8.11. The van der Waals surface area contributed by atoms with Crippen LogP contribution >= 0.6 is 11.6 Å². The average molecular weight is 521 g/mol. The highest BCUT2D eigenvalue weighted by Crippen LogP contribution is 2.19. The molecule has 1 amide bonds. The summed E-state index contributed by atoms with van der Waals surface area (Å²) in [6.07, 6.45) is 0.178. The molecular weight excluding hydrogens is 496 g/mol. The minimum atomic E-state index is -3.96. The van der Waals surface area contributed by atoms with Crippen molar-refractivity contribution in [3.63, 3.8) is 0 Å². The van der Waals surface area contributed by atoms with Gasteiger partial charge in [0, 0.05) is 10.7 Å². The Morgan fingerprint density at radius 1 is 0.778 bits per heavy atom. The zero-order valence-electron chi connectivity index (χ0n) is 19.3. The van der Waals surface area contributed by atoms with E-state index in [0.29, 0.717) is 23.1 Å². The van der Waals surface area contributed by atoms with Crippen molar-refractivity contribution < 1.29 is 17.9 Å². The molecule has 0 fully saturated rings. The van der Waals surface area contributed by atoms with E-state index in [-0.39, 0.29) is 11.3 Å². The molecular formula is C28H25ClN2O4S. The van der Waals surface area contributed by atoms with Gasteiger partial charge in [-0.15, -0.1) is 0 Å². The molecule has 0 aromatic heterocycles. The van der Waals surface area contributed by atoms with E-state index in [2.05, 4.69) is 10.0 Å². The molecule has 0 saturated heterocycles. The maximum Gasteiger partial charge on any atom is 0.242 e. The van der Waals surface area contributed by atoms with Crippen LogP contribution in [0.1, 0.15) is 11.1 Å². The summed E-state index contributed by atoms with van der Waals surface area (Å²) in [7, 11) is -3.96. The Morgan fingerprint density at radius 3 is 1.97 bits per heavy atom. The highest BCUT2D eigenvalue weighted by atomic mass is 35.5. The van der Waals surface area contributed by atoms with Crippen molar-refractivity contribution in [3.8, 4) is 5.75 Å². The number of anilines is 1. The number of benzene rings is 4. The second-order valence-corrected chi connectivity index (χ2v) is 10.3. The van der Waals surface area contributed by atoms with Gasteiger partial charge in [-0.05, 0) is 66.1 Å². The predicted molar refractivity (Wildman–Crippen MR) is 142 cm³/mol. The Kier molecular flexibility index (Phi) is 8.38. The van der Waals surface area contributed by atoms with Gasteiger partial charge in [-0.2, -0.15) is 4.72 Å². The van der Waals surface area contributed by atoms with E-state index >= 15 is 0 Å². The van der Waals surface area contributed by atoms with Crippen molar-refractivity contribution in [2.45, 2.75) is 24.0 Å². The first kappa shape index (κ1) is 25.4. The van der Waals surface area contributed by atoms with Crippen molar-refractivity contribution >= 4 is 33.2 Å². The van der Waals surface area contributed by atoms with Gasteiger partial charge in [-0.1, -0.05) is 72.3 Å². The number of hydrogen-bond donors (Lipinski definition) is 2. The SMILES string of the molecule is O=C(Nc1ccc(OCc2ccccc2)cc1)[C@@H](Cc1ccccc1)NS(=O)(=O)c1ccc(Cl)cc1. The molecule has 2 N–H and O–H groups in total. The number of amides is 1. The normalized spacial score (nSPS) is 12.0. The minimum absolute atomic E-state index is 0.0256. The number of ether oxygens (including phenoxy) is 1. The Hall–Kier alpha value is -3.65. The molecule has 0 radical (unpaired) electrons. The van der Waals surface area contributed by atoms with Crippen molar-refractivity contribution in [2.24, 2.45) is 0 Å². The highest BCUT2D eigenvalue weighted by Gasteiger charge is 2.26. The minimum Gasteiger partial charge on any atom is -0.489 e. The fourth-order valence-corrected chi connectivity index (χ4v) is 4.83. The summed E-state index contributed by atoms with van der Waals surface area (Å²) in [6.45, 7) is 0.429. The molecule has 8 heteroatoms. The van der Waals surface area contributed by atoms with Crippen LogP contribution in [0.4, 0.5) is 5.69 Å². The van der Waals surface area contributed by atoms with Gasteiger partial charge >= 0.3 is 0 Å². The lowest BCUT2D eigenvalue weighted by Gasteiger charge is -2.19. The van der Waals surface area contributed by atoms with Gasteiger partial charge in [-0.3, -0.25) is 4.79 Å². The van der Waals surface area contributed by atoms with E-state index in [9.17, 15) is 13.2 Å². The standard InChI is InChI=1S/C28H25ClN2O4S/c29-23-11-17-26(18-12-23)36(33,34)31-27(19-21-7-3-1-4-8-21)28(32)30-24-13-15-25(16-14-24)35-20-22-9-5-2-6-10-22/h1-18,27,31H,19-20H2,(H,30,32)/t27-/m1/s1. The number of carbonyl (C=O) groups is 1. The monoisotopic (exact) mass is 520 g/mol. The van der Waals surface area contributed by atoms with Crippen LogP contribution in [-0.4, -0.2) is 20.4 Å². The van der Waals surface area contributed by atoms with E-state index in [0.717, 1.165) is 11.1 Å². The van der Waals surface area contributed by atoms with Crippen LogP contribution in [0.2, 0.25) is 5.02 Å². The Bertz CT molecular complexity index is 1380. The zero-order valence-corrected chi connectivity index (χ0v) is 20.9. The van der Waals surface area contributed by atoms with Gasteiger partial charge in [0.25, 0.3) is 0 Å². The van der Waals surface area contributed by atoms with Gasteiger partial charge in [0.1, 0.15) is 18.4 Å². The molecule has 0 aliphatic rings. The maximum atomic E-state index is 13.2. The van der Waals surface area contributed by atoms with Crippen molar-refractivity contribution in [1.29, 1.82) is 0 Å². The molecule has 0 aliphatic heterocycles. The molecule has 1 atom stereocenters. The first-order valence-electron chi connectivity index (χ1n) is 11.3. The molecule has 0 unspecified atom stereocenters. The number of hydrogen-bond acceptors (Lipinski definition) is 4. The summed E-state index contributed by atoms with van der Waals surface area (Å²) in [5, 5.41) is 3.22. The Labute approximate surface area is 216 Å². The van der Waals surface area contributed by atoms with Crippen LogP contribution in [0.15, 0.2) is 114 Å². The third-order valence-corrected chi connectivity index (χ3v) is 7.13. The first-order valence-corrected chi connectivity index (χ1v) is 13.1. The van der Waals surface area contributed by atoms with Crippen molar-refractivity contribution in [3.05, 3.63) is 125 Å². The fraction of sp³-hybridized carbons (Fsp3) is 0.107. The van der Waals surface area contributed by atoms with Gasteiger partial charge in [0.2, 0.25) is 15.9 Å². The molecule has 4 aromatic rings. The van der Waals surface area contributed by atoms with Crippen LogP contribution in [-0.2, 0) is 27.8 Å². The number of rotatable bonds is 10. The number of sulfonamides is 1. The van der Waals surface area contributed by atoms with Crippen LogP contribution in [0.3, 0.4) is 0 Å². The van der Waals surface area contributed by atoms with Crippen LogP contribution in [0.5, 0.6) is 5.75 Å². The molecule has 4 aromatic carbocycles. The third kappa shape index (κ3) is 7.18. The van der Waals surface area contributed by atoms with Gasteiger partial charge < -0.3 is 10.1 Å². The van der Waals surface area contributed by atoms with Crippen LogP contribution in [0, 0.1) is 0 Å². The summed E-state index contributed by atoms with van der Waals surface area (Å²) in [5.41, 5.74) is 2.39. The number of carbonyl (C=O) groups excluding carboxylic acids is 1. The largest absolute Gasteiger partial charge is 0.489 e. The quantitative estimate of drug-likeness (QED) is 0.291. The van der Waals surface area contributed by atoms with Gasteiger partial charge in [-0.25, -0.2) is 8.42 Å². The zero-order chi connectivity index (χ0) is 25.4. The molecule has 0 bridgehead atoms. The summed E-state index contributed by atoms with van der Waals surface area (Å²) >= 11 is 5.89. The van der Waals surface area contributed by atoms with Gasteiger partial charge in [0.05, 0.1) is 4.90 Å². The van der Waals surface area contributed by atoms with E-state index in [1.165, 1.54) is 24.3 Å². The van der Waals surface area contributed by atoms with E-state index in [4.69, 9.17) is 16.3 Å². The van der Waals surface area contributed by atoms with Crippen molar-refractivity contribution in [1.82, 2.24) is 4.72 Å². The molecule has 0 spiro atoms. The summed E-state index contributed by atoms with van der Waals surface area (Å²) in [6, 6.07) is 30.7. The number of nitrogens with one attached hydrogen (secondary N) is 2. The third-order valence-electron chi connectivity index (χ3n) is 5.39. The molecule has 0 aliphatic carbocycles. The topological polar surface area (TPSA) is 84.5 Å². The van der Waals surface area contributed by atoms with E-state index in [1.807, 2.05) is 60.7 Å². The number of halogens is 1. The molecule has 184 valence electrons. The molecule has 4 rings (SSSR count). The van der Waals surface area contributed by atoms with E-state index in [1.54, 1.807) is 24.3 Å². The summed E-state index contributed by atoms with van der Waals surface area (Å²) < 4.78 is 34.3. The van der Waals surface area contributed by atoms with E-state index < -0.39 is 22.0 Å². The second kappa shape index (κ2) is 11.9. The molecule has 0 heterocycles. The lowest BCUT2D eigenvalue weighted by atomic mass is 10.1. The predicted octanol–water partition coefficient (Wildman–Crippen LogP) is 5.45. The maximum absolute atomic E-state index is 13.2. The molecule has 6 nitrogen and oxygen atoms in total. The van der Waals surface area contributed by atoms with Crippen LogP contribution in [0.25, 0.3) is 0 Å². The first-order chi connectivity index (χ1) is 17.4. The molecule has 36 heavy (non-hydrogen) atoms. The summed E-state index contributed by atoms with van der Waals surface area (Å²) in [5.74, 6) is 0.176. The fourth-order valence-electron chi connectivity index (χ4n) is 3.51. The Balaban J connectivity index is 1.46.